The number of hydrogen-bond acceptors (Lipinski definition) is 5. The highest BCUT2D eigenvalue weighted by Gasteiger charge is 2.07. The van der Waals surface area contributed by atoms with Crippen LogP contribution in [0.3, 0.4) is 0 Å². The van der Waals surface area contributed by atoms with E-state index < -0.39 is 0 Å². The van der Waals surface area contributed by atoms with Gasteiger partial charge in [0, 0.05) is 19.7 Å². The minimum atomic E-state index is -0.233. The van der Waals surface area contributed by atoms with E-state index in [1.807, 2.05) is 6.92 Å². The second-order valence-electron chi connectivity index (χ2n) is 4.54. The van der Waals surface area contributed by atoms with Crippen LogP contribution < -0.4 is 10.6 Å². The molecule has 19 heavy (non-hydrogen) atoms. The summed E-state index contributed by atoms with van der Waals surface area (Å²) in [7, 11) is 0. The number of carbonyl (C=O) groups is 1. The van der Waals surface area contributed by atoms with Crippen molar-refractivity contribution in [2.24, 2.45) is 5.92 Å². The predicted molar refractivity (Wildman–Crippen MR) is 74.2 cm³/mol. The average molecular weight is 266 g/mol. The van der Waals surface area contributed by atoms with Gasteiger partial charge in [-0.25, -0.2) is 9.97 Å². The normalized spacial score (nSPS) is 10.5. The van der Waals surface area contributed by atoms with Crippen molar-refractivity contribution in [2.45, 2.75) is 20.8 Å². The van der Waals surface area contributed by atoms with Gasteiger partial charge < -0.3 is 15.4 Å². The lowest BCUT2D eigenvalue weighted by atomic mass is 10.2. The molecule has 0 aliphatic heterocycles. The van der Waals surface area contributed by atoms with E-state index in [0.29, 0.717) is 37.2 Å². The molecular weight excluding hydrogens is 244 g/mol. The second-order valence-corrected chi connectivity index (χ2v) is 4.54. The zero-order chi connectivity index (χ0) is 14.1. The molecule has 0 aliphatic rings. The van der Waals surface area contributed by atoms with Gasteiger partial charge in [-0.2, -0.15) is 0 Å². The summed E-state index contributed by atoms with van der Waals surface area (Å²) < 4.78 is 5.37. The predicted octanol–water partition coefficient (Wildman–Crippen LogP) is 1.31. The third-order valence-electron chi connectivity index (χ3n) is 2.23. The van der Waals surface area contributed by atoms with Crippen LogP contribution in [-0.4, -0.2) is 42.2 Å². The summed E-state index contributed by atoms with van der Waals surface area (Å²) in [5.74, 6) is 0.934. The van der Waals surface area contributed by atoms with Crippen LogP contribution in [0.4, 0.5) is 5.82 Å². The Balaban J connectivity index is 2.29. The van der Waals surface area contributed by atoms with Gasteiger partial charge in [0.2, 0.25) is 0 Å². The van der Waals surface area contributed by atoms with Gasteiger partial charge in [-0.05, 0) is 12.8 Å². The maximum absolute atomic E-state index is 11.7. The van der Waals surface area contributed by atoms with Crippen molar-refractivity contribution in [3.8, 4) is 0 Å². The molecule has 2 N–H and O–H groups in total. The summed E-state index contributed by atoms with van der Waals surface area (Å²) >= 11 is 0. The minimum absolute atomic E-state index is 0.233. The number of nitrogens with one attached hydrogen (secondary N) is 2. The number of hydrogen-bond donors (Lipinski definition) is 2. The lowest BCUT2D eigenvalue weighted by Crippen LogP contribution is -2.28. The average Bonchev–Trinajstić information content (AvgIpc) is 2.39. The van der Waals surface area contributed by atoms with Gasteiger partial charge in [-0.15, -0.1) is 0 Å². The van der Waals surface area contributed by atoms with Crippen molar-refractivity contribution in [1.82, 2.24) is 15.3 Å². The van der Waals surface area contributed by atoms with Crippen LogP contribution >= 0.6 is 0 Å². The molecule has 0 saturated heterocycles. The number of ether oxygens (including phenoxy) is 1. The van der Waals surface area contributed by atoms with Crippen molar-refractivity contribution in [1.29, 1.82) is 0 Å². The van der Waals surface area contributed by atoms with Crippen LogP contribution in [-0.2, 0) is 4.74 Å². The molecule has 0 spiro atoms. The molecule has 6 heteroatoms. The monoisotopic (exact) mass is 266 g/mol. The molecule has 1 amide bonds. The number of aromatic nitrogens is 2. The Labute approximate surface area is 114 Å². The fraction of sp³-hybridized carbons (Fsp3) is 0.615. The number of carbonyl (C=O) groups excluding carboxylic acids is 1. The standard InChI is InChI=1S/C13H22N4O2/c1-4-14-12-8-16-11(7-17-12)13(18)15-5-6-19-9-10(2)3/h7-8,10H,4-6,9H2,1-3H3,(H,14,17)(H,15,18). The Hall–Kier alpha value is -1.69. The highest BCUT2D eigenvalue weighted by molar-refractivity contribution is 5.91. The van der Waals surface area contributed by atoms with Crippen molar-refractivity contribution < 1.29 is 9.53 Å². The molecule has 106 valence electrons. The third-order valence-corrected chi connectivity index (χ3v) is 2.23. The van der Waals surface area contributed by atoms with E-state index in [0.717, 1.165) is 6.54 Å². The van der Waals surface area contributed by atoms with Gasteiger partial charge in [0.25, 0.3) is 5.91 Å². The first-order valence-corrected chi connectivity index (χ1v) is 6.55. The van der Waals surface area contributed by atoms with Crippen LogP contribution in [0.25, 0.3) is 0 Å². The van der Waals surface area contributed by atoms with Crippen LogP contribution in [0.1, 0.15) is 31.3 Å². The lowest BCUT2D eigenvalue weighted by molar-refractivity contribution is 0.0882. The van der Waals surface area contributed by atoms with Crippen LogP contribution in [0.15, 0.2) is 12.4 Å². The first kappa shape index (κ1) is 15.4. The largest absolute Gasteiger partial charge is 0.379 e. The van der Waals surface area contributed by atoms with Gasteiger partial charge in [-0.1, -0.05) is 13.8 Å². The zero-order valence-electron chi connectivity index (χ0n) is 11.8. The maximum Gasteiger partial charge on any atom is 0.271 e. The van der Waals surface area contributed by atoms with Gasteiger partial charge >= 0.3 is 0 Å². The molecule has 1 aromatic heterocycles. The molecule has 0 fully saturated rings. The lowest BCUT2D eigenvalue weighted by Gasteiger charge is -2.08. The van der Waals surface area contributed by atoms with E-state index in [9.17, 15) is 4.79 Å². The molecule has 0 atom stereocenters. The number of anilines is 1. The molecule has 6 nitrogen and oxygen atoms in total. The molecule has 0 radical (unpaired) electrons. The molecule has 0 aliphatic carbocycles. The van der Waals surface area contributed by atoms with Crippen molar-refractivity contribution in [3.05, 3.63) is 18.1 Å². The molecule has 0 aromatic carbocycles. The van der Waals surface area contributed by atoms with Crippen LogP contribution in [0.5, 0.6) is 0 Å². The molecular formula is C13H22N4O2. The van der Waals surface area contributed by atoms with Gasteiger partial charge in [0.15, 0.2) is 0 Å². The molecule has 1 aromatic rings. The SMILES string of the molecule is CCNc1cnc(C(=O)NCCOCC(C)C)cn1. The quantitative estimate of drug-likeness (QED) is 0.694. The highest BCUT2D eigenvalue weighted by atomic mass is 16.5. The fourth-order valence-corrected chi connectivity index (χ4v) is 1.36. The topological polar surface area (TPSA) is 76.1 Å². The minimum Gasteiger partial charge on any atom is -0.379 e. The fourth-order valence-electron chi connectivity index (χ4n) is 1.36. The van der Waals surface area contributed by atoms with E-state index in [2.05, 4.69) is 34.4 Å². The third kappa shape index (κ3) is 6.15. The summed E-state index contributed by atoms with van der Waals surface area (Å²) in [5.41, 5.74) is 0.311. The summed E-state index contributed by atoms with van der Waals surface area (Å²) in [6.45, 7) is 8.59. The van der Waals surface area contributed by atoms with Gasteiger partial charge in [0.1, 0.15) is 11.5 Å². The van der Waals surface area contributed by atoms with Crippen molar-refractivity contribution in [2.75, 3.05) is 31.6 Å². The maximum atomic E-state index is 11.7. The molecule has 1 heterocycles. The van der Waals surface area contributed by atoms with E-state index >= 15 is 0 Å². The Kier molecular flexibility index (Phi) is 6.81. The number of rotatable bonds is 8. The van der Waals surface area contributed by atoms with Crippen molar-refractivity contribution in [3.63, 3.8) is 0 Å². The Bertz CT molecular complexity index is 379. The second kappa shape index (κ2) is 8.42. The van der Waals surface area contributed by atoms with Gasteiger partial charge in [0.05, 0.1) is 19.0 Å². The highest BCUT2D eigenvalue weighted by Crippen LogP contribution is 2.00. The Morgan fingerprint density at radius 1 is 1.37 bits per heavy atom. The van der Waals surface area contributed by atoms with E-state index in [4.69, 9.17) is 4.74 Å². The Morgan fingerprint density at radius 2 is 2.16 bits per heavy atom. The summed E-state index contributed by atoms with van der Waals surface area (Å²) in [5, 5.41) is 5.76. The number of amides is 1. The van der Waals surface area contributed by atoms with E-state index in [1.54, 1.807) is 6.20 Å². The first-order chi connectivity index (χ1) is 9.13. The van der Waals surface area contributed by atoms with Crippen molar-refractivity contribution >= 4 is 11.7 Å². The zero-order valence-corrected chi connectivity index (χ0v) is 11.8. The summed E-state index contributed by atoms with van der Waals surface area (Å²) in [4.78, 5) is 19.9. The van der Waals surface area contributed by atoms with Crippen LogP contribution in [0, 0.1) is 5.92 Å². The summed E-state index contributed by atoms with van der Waals surface area (Å²) in [6.07, 6.45) is 3.01. The van der Waals surface area contributed by atoms with E-state index in [-0.39, 0.29) is 5.91 Å². The number of nitrogens with zero attached hydrogens (tertiary/aromatic N) is 2. The van der Waals surface area contributed by atoms with Crippen LogP contribution in [0.2, 0.25) is 0 Å². The summed E-state index contributed by atoms with van der Waals surface area (Å²) in [6, 6.07) is 0. The Morgan fingerprint density at radius 3 is 2.74 bits per heavy atom. The smallest absolute Gasteiger partial charge is 0.271 e. The van der Waals surface area contributed by atoms with Gasteiger partial charge in [-0.3, -0.25) is 4.79 Å². The van der Waals surface area contributed by atoms with E-state index in [1.165, 1.54) is 6.20 Å². The molecule has 1 rings (SSSR count). The molecule has 0 saturated carbocycles. The molecule has 0 unspecified atom stereocenters. The first-order valence-electron chi connectivity index (χ1n) is 6.55. The molecule has 0 bridgehead atoms.